The average molecular weight is 223 g/mol. The van der Waals surface area contributed by atoms with Crippen LogP contribution in [-0.2, 0) is 0 Å². The molecule has 0 spiro atoms. The molecule has 3 N–H and O–H groups in total. The molecule has 5 heteroatoms. The Morgan fingerprint density at radius 3 is 3.00 bits per heavy atom. The van der Waals surface area contributed by atoms with Gasteiger partial charge in [-0.3, -0.25) is 5.41 Å². The third kappa shape index (κ3) is 2.05. The number of thiazole rings is 1. The highest BCUT2D eigenvalue weighted by Crippen LogP contribution is 2.28. The van der Waals surface area contributed by atoms with Crippen LogP contribution in [0.3, 0.4) is 0 Å². The maximum atomic E-state index is 7.11. The van der Waals surface area contributed by atoms with E-state index >= 15 is 0 Å². The SMILES string of the molecule is N=C(N)CSc1nc2ccccc2s1. The lowest BCUT2D eigenvalue weighted by Crippen LogP contribution is -2.11. The number of nitrogens with zero attached hydrogens (tertiary/aromatic N) is 1. The normalized spacial score (nSPS) is 10.6. The molecule has 0 atom stereocenters. The van der Waals surface area contributed by atoms with Crippen LogP contribution in [0.25, 0.3) is 10.2 Å². The highest BCUT2D eigenvalue weighted by molar-refractivity contribution is 8.01. The Kier molecular flexibility index (Phi) is 2.69. The number of thioether (sulfide) groups is 1. The van der Waals surface area contributed by atoms with E-state index in [2.05, 4.69) is 4.98 Å². The Balaban J connectivity index is 2.22. The van der Waals surface area contributed by atoms with Crippen molar-refractivity contribution in [3.63, 3.8) is 0 Å². The van der Waals surface area contributed by atoms with Gasteiger partial charge in [-0.05, 0) is 12.1 Å². The van der Waals surface area contributed by atoms with Gasteiger partial charge in [-0.1, -0.05) is 23.9 Å². The summed E-state index contributed by atoms with van der Waals surface area (Å²) in [5.41, 5.74) is 6.29. The Labute approximate surface area is 89.9 Å². The van der Waals surface area contributed by atoms with E-state index in [1.165, 1.54) is 16.5 Å². The molecule has 2 aromatic rings. The van der Waals surface area contributed by atoms with Gasteiger partial charge in [-0.2, -0.15) is 0 Å². The van der Waals surface area contributed by atoms with Crippen molar-refractivity contribution in [3.8, 4) is 0 Å². The Morgan fingerprint density at radius 2 is 2.29 bits per heavy atom. The summed E-state index contributed by atoms with van der Waals surface area (Å²) in [6.45, 7) is 0. The number of para-hydroxylation sites is 1. The van der Waals surface area contributed by atoms with Crippen molar-refractivity contribution in [2.75, 3.05) is 5.75 Å². The lowest BCUT2D eigenvalue weighted by atomic mass is 10.3. The fraction of sp³-hybridized carbons (Fsp3) is 0.111. The highest BCUT2D eigenvalue weighted by atomic mass is 32.2. The summed E-state index contributed by atoms with van der Waals surface area (Å²) in [6.07, 6.45) is 0. The average Bonchev–Trinajstić information content (AvgIpc) is 2.57. The quantitative estimate of drug-likeness (QED) is 0.477. The fourth-order valence-corrected chi connectivity index (χ4v) is 2.87. The van der Waals surface area contributed by atoms with Crippen molar-refractivity contribution in [1.29, 1.82) is 5.41 Å². The second kappa shape index (κ2) is 3.98. The first kappa shape index (κ1) is 9.48. The van der Waals surface area contributed by atoms with Gasteiger partial charge in [0.25, 0.3) is 0 Å². The minimum Gasteiger partial charge on any atom is -0.387 e. The smallest absolute Gasteiger partial charge is 0.151 e. The summed E-state index contributed by atoms with van der Waals surface area (Å²) in [7, 11) is 0. The van der Waals surface area contributed by atoms with Crippen LogP contribution in [0.4, 0.5) is 0 Å². The first-order valence-electron chi connectivity index (χ1n) is 4.07. The maximum Gasteiger partial charge on any atom is 0.151 e. The van der Waals surface area contributed by atoms with E-state index in [-0.39, 0.29) is 5.84 Å². The topological polar surface area (TPSA) is 62.8 Å². The maximum absolute atomic E-state index is 7.11. The molecular weight excluding hydrogens is 214 g/mol. The molecule has 2 rings (SSSR count). The molecule has 0 saturated carbocycles. The van der Waals surface area contributed by atoms with Gasteiger partial charge in [-0.25, -0.2) is 4.98 Å². The van der Waals surface area contributed by atoms with Crippen LogP contribution >= 0.6 is 23.1 Å². The highest BCUT2D eigenvalue weighted by Gasteiger charge is 2.03. The third-order valence-electron chi connectivity index (χ3n) is 1.63. The lowest BCUT2D eigenvalue weighted by molar-refractivity contribution is 1.30. The van der Waals surface area contributed by atoms with E-state index in [0.29, 0.717) is 5.75 Å². The molecule has 1 heterocycles. The molecule has 72 valence electrons. The van der Waals surface area contributed by atoms with Gasteiger partial charge in [-0.15, -0.1) is 11.3 Å². The van der Waals surface area contributed by atoms with E-state index in [1.54, 1.807) is 11.3 Å². The molecule has 14 heavy (non-hydrogen) atoms. The number of amidine groups is 1. The van der Waals surface area contributed by atoms with Crippen LogP contribution in [0.1, 0.15) is 0 Å². The predicted octanol–water partition coefficient (Wildman–Crippen LogP) is 2.32. The summed E-state index contributed by atoms with van der Waals surface area (Å²) >= 11 is 3.15. The van der Waals surface area contributed by atoms with Gasteiger partial charge in [0.15, 0.2) is 4.34 Å². The molecule has 0 bridgehead atoms. The summed E-state index contributed by atoms with van der Waals surface area (Å²) in [5, 5.41) is 7.11. The summed E-state index contributed by atoms with van der Waals surface area (Å²) in [4.78, 5) is 4.41. The van der Waals surface area contributed by atoms with Gasteiger partial charge in [0.2, 0.25) is 0 Å². The van der Waals surface area contributed by atoms with Crippen LogP contribution in [0.15, 0.2) is 28.6 Å². The van der Waals surface area contributed by atoms with Crippen LogP contribution in [0, 0.1) is 5.41 Å². The van der Waals surface area contributed by atoms with Crippen LogP contribution in [0.5, 0.6) is 0 Å². The molecular formula is C9H9N3S2. The van der Waals surface area contributed by atoms with Crippen molar-refractivity contribution in [3.05, 3.63) is 24.3 Å². The fourth-order valence-electron chi connectivity index (χ4n) is 1.05. The number of nitrogens with one attached hydrogen (secondary N) is 1. The van der Waals surface area contributed by atoms with Crippen molar-refractivity contribution in [1.82, 2.24) is 4.98 Å². The number of rotatable bonds is 3. The Morgan fingerprint density at radius 1 is 1.50 bits per heavy atom. The zero-order chi connectivity index (χ0) is 9.97. The first-order valence-corrected chi connectivity index (χ1v) is 5.87. The number of benzene rings is 1. The molecule has 0 radical (unpaired) electrons. The molecule has 1 aromatic heterocycles. The predicted molar refractivity (Wildman–Crippen MR) is 62.3 cm³/mol. The largest absolute Gasteiger partial charge is 0.387 e. The van der Waals surface area contributed by atoms with E-state index in [4.69, 9.17) is 11.1 Å². The van der Waals surface area contributed by atoms with Gasteiger partial charge >= 0.3 is 0 Å². The minimum absolute atomic E-state index is 0.189. The molecule has 0 fully saturated rings. The number of hydrogen-bond donors (Lipinski definition) is 2. The summed E-state index contributed by atoms with van der Waals surface area (Å²) in [6, 6.07) is 8.01. The monoisotopic (exact) mass is 223 g/mol. The van der Waals surface area contributed by atoms with Crippen LogP contribution in [-0.4, -0.2) is 16.6 Å². The molecule has 0 aliphatic carbocycles. The van der Waals surface area contributed by atoms with Gasteiger partial charge < -0.3 is 5.73 Å². The molecule has 0 aliphatic heterocycles. The zero-order valence-corrected chi connectivity index (χ0v) is 8.99. The number of fused-ring (bicyclic) bond motifs is 1. The molecule has 0 aliphatic rings. The number of hydrogen-bond acceptors (Lipinski definition) is 4. The van der Waals surface area contributed by atoms with E-state index in [1.807, 2.05) is 24.3 Å². The van der Waals surface area contributed by atoms with Crippen LogP contribution in [0.2, 0.25) is 0 Å². The zero-order valence-electron chi connectivity index (χ0n) is 7.36. The van der Waals surface area contributed by atoms with Crippen molar-refractivity contribution >= 4 is 39.2 Å². The standard InChI is InChI=1S/C9H9N3S2/c10-8(11)5-13-9-12-6-3-1-2-4-7(6)14-9/h1-4H,5H2,(H3,10,11). The van der Waals surface area contributed by atoms with Crippen molar-refractivity contribution in [2.24, 2.45) is 5.73 Å². The number of nitrogens with two attached hydrogens (primary N) is 1. The van der Waals surface area contributed by atoms with Crippen molar-refractivity contribution in [2.45, 2.75) is 4.34 Å². The summed E-state index contributed by atoms with van der Waals surface area (Å²) < 4.78 is 2.15. The van der Waals surface area contributed by atoms with Crippen molar-refractivity contribution < 1.29 is 0 Å². The first-order chi connectivity index (χ1) is 6.75. The van der Waals surface area contributed by atoms with Crippen LogP contribution < -0.4 is 5.73 Å². The number of aromatic nitrogens is 1. The summed E-state index contributed by atoms with van der Waals surface area (Å²) in [5.74, 6) is 0.703. The Hall–Kier alpha value is -1.07. The minimum atomic E-state index is 0.189. The lowest BCUT2D eigenvalue weighted by Gasteiger charge is -1.92. The molecule has 0 saturated heterocycles. The van der Waals surface area contributed by atoms with Gasteiger partial charge in [0, 0.05) is 0 Å². The van der Waals surface area contributed by atoms with Gasteiger partial charge in [0.05, 0.1) is 16.0 Å². The molecule has 0 amide bonds. The molecule has 0 unspecified atom stereocenters. The Bertz CT molecular complexity index is 431. The third-order valence-corrected chi connectivity index (χ3v) is 3.85. The molecule has 1 aromatic carbocycles. The second-order valence-electron chi connectivity index (χ2n) is 2.76. The van der Waals surface area contributed by atoms with E-state index in [9.17, 15) is 0 Å². The van der Waals surface area contributed by atoms with Gasteiger partial charge in [0.1, 0.15) is 5.84 Å². The van der Waals surface area contributed by atoms with E-state index in [0.717, 1.165) is 9.86 Å². The van der Waals surface area contributed by atoms with E-state index < -0.39 is 0 Å². The molecule has 3 nitrogen and oxygen atoms in total. The second-order valence-corrected chi connectivity index (χ2v) is 5.01.